The third-order valence-electron chi connectivity index (χ3n) is 5.20. The monoisotopic (exact) mass is 283 g/mol. The number of nitrogens with one attached hydrogen (secondary N) is 1. The van der Waals surface area contributed by atoms with Crippen LogP contribution in [-0.2, 0) is 4.74 Å². The van der Waals surface area contributed by atoms with Crippen molar-refractivity contribution in [3.63, 3.8) is 0 Å². The number of nitrogens with zero attached hydrogens (tertiary/aromatic N) is 2. The van der Waals surface area contributed by atoms with Crippen LogP contribution in [-0.4, -0.2) is 75.4 Å². The summed E-state index contributed by atoms with van der Waals surface area (Å²) in [4.78, 5) is 4.96. The quantitative estimate of drug-likeness (QED) is 0.729. The van der Waals surface area contributed by atoms with E-state index in [1.165, 1.54) is 32.2 Å². The highest BCUT2D eigenvalue weighted by molar-refractivity contribution is 4.98. The fourth-order valence-electron chi connectivity index (χ4n) is 3.63. The van der Waals surface area contributed by atoms with E-state index in [-0.39, 0.29) is 0 Å². The summed E-state index contributed by atoms with van der Waals surface area (Å²) in [7, 11) is 6.74. The van der Waals surface area contributed by atoms with Crippen LogP contribution in [0.2, 0.25) is 0 Å². The lowest BCUT2D eigenvalue weighted by atomic mass is 9.75. The Morgan fingerprint density at radius 2 is 1.95 bits per heavy atom. The van der Waals surface area contributed by atoms with Crippen molar-refractivity contribution in [3.8, 4) is 0 Å². The first-order chi connectivity index (χ1) is 9.57. The van der Waals surface area contributed by atoms with Gasteiger partial charge in [-0.3, -0.25) is 0 Å². The zero-order chi connectivity index (χ0) is 14.6. The molecule has 0 aromatic carbocycles. The maximum Gasteiger partial charge on any atom is 0.0623 e. The molecule has 2 fully saturated rings. The number of likely N-dealkylation sites (N-methyl/N-ethyl adjacent to an activating group) is 2. The maximum atomic E-state index is 5.69. The Labute approximate surface area is 124 Å². The molecule has 0 aromatic heterocycles. The summed E-state index contributed by atoms with van der Waals surface area (Å²) in [6, 6.07) is 0.550. The first kappa shape index (κ1) is 16.2. The molecule has 4 nitrogen and oxygen atoms in total. The molecule has 118 valence electrons. The van der Waals surface area contributed by atoms with Crippen LogP contribution in [0.15, 0.2) is 0 Å². The topological polar surface area (TPSA) is 27.7 Å². The van der Waals surface area contributed by atoms with Crippen molar-refractivity contribution in [3.05, 3.63) is 0 Å². The van der Waals surface area contributed by atoms with Crippen LogP contribution in [0.25, 0.3) is 0 Å². The zero-order valence-corrected chi connectivity index (χ0v) is 13.8. The number of hydrogen-bond donors (Lipinski definition) is 1. The van der Waals surface area contributed by atoms with Gasteiger partial charge < -0.3 is 19.9 Å². The van der Waals surface area contributed by atoms with Crippen LogP contribution in [0.5, 0.6) is 0 Å². The van der Waals surface area contributed by atoms with E-state index in [1.807, 2.05) is 0 Å². The lowest BCUT2D eigenvalue weighted by molar-refractivity contribution is 0.0229. The minimum absolute atomic E-state index is 0.431. The molecule has 2 rings (SSSR count). The van der Waals surface area contributed by atoms with Crippen molar-refractivity contribution in [1.29, 1.82) is 0 Å². The zero-order valence-electron chi connectivity index (χ0n) is 13.8. The predicted molar refractivity (Wildman–Crippen MR) is 84.2 cm³/mol. The molecule has 1 aliphatic heterocycles. The van der Waals surface area contributed by atoms with E-state index < -0.39 is 0 Å². The van der Waals surface area contributed by atoms with Gasteiger partial charge in [0.05, 0.1) is 13.2 Å². The van der Waals surface area contributed by atoms with Gasteiger partial charge in [0.25, 0.3) is 0 Å². The van der Waals surface area contributed by atoms with Gasteiger partial charge in [-0.05, 0) is 53.4 Å². The summed E-state index contributed by atoms with van der Waals surface area (Å²) < 4.78 is 5.69. The Hall–Kier alpha value is -0.160. The van der Waals surface area contributed by atoms with Gasteiger partial charge in [-0.15, -0.1) is 0 Å². The third kappa shape index (κ3) is 3.73. The molecule has 1 saturated carbocycles. The Balaban J connectivity index is 1.80. The van der Waals surface area contributed by atoms with Crippen LogP contribution in [0.3, 0.4) is 0 Å². The van der Waals surface area contributed by atoms with Crippen LogP contribution in [0, 0.1) is 5.92 Å². The molecule has 0 spiro atoms. The van der Waals surface area contributed by atoms with Gasteiger partial charge in [0.2, 0.25) is 0 Å². The molecule has 0 radical (unpaired) electrons. The van der Waals surface area contributed by atoms with E-state index in [0.717, 1.165) is 26.3 Å². The minimum atomic E-state index is 0.431. The second kappa shape index (κ2) is 7.21. The highest BCUT2D eigenvalue weighted by atomic mass is 16.5. The highest BCUT2D eigenvalue weighted by Crippen LogP contribution is 2.36. The van der Waals surface area contributed by atoms with Crippen LogP contribution < -0.4 is 5.32 Å². The van der Waals surface area contributed by atoms with E-state index in [1.54, 1.807) is 0 Å². The lowest BCUT2D eigenvalue weighted by Crippen LogP contribution is -2.57. The highest BCUT2D eigenvalue weighted by Gasteiger charge is 2.40. The van der Waals surface area contributed by atoms with Crippen molar-refractivity contribution in [2.45, 2.75) is 44.2 Å². The Kier molecular flexibility index (Phi) is 5.84. The molecule has 1 aliphatic carbocycles. The standard InChI is InChI=1S/C16H33N3O/c1-5-9-17-15-12-20-11-14(15)10-19(4)13-16(18(2)3)7-6-8-16/h14-15,17H,5-13H2,1-4H3. The molecule has 2 aliphatic rings. The normalized spacial score (nSPS) is 29.1. The van der Waals surface area contributed by atoms with Gasteiger partial charge in [0.1, 0.15) is 0 Å². The van der Waals surface area contributed by atoms with E-state index in [2.05, 4.69) is 43.2 Å². The van der Waals surface area contributed by atoms with Gasteiger partial charge in [0.15, 0.2) is 0 Å². The second-order valence-electron chi connectivity index (χ2n) is 7.03. The van der Waals surface area contributed by atoms with E-state index >= 15 is 0 Å². The average Bonchev–Trinajstić information content (AvgIpc) is 2.78. The molecule has 0 aromatic rings. The van der Waals surface area contributed by atoms with E-state index in [0.29, 0.717) is 17.5 Å². The molecule has 1 saturated heterocycles. The van der Waals surface area contributed by atoms with E-state index in [9.17, 15) is 0 Å². The number of rotatable bonds is 8. The van der Waals surface area contributed by atoms with Crippen LogP contribution in [0.1, 0.15) is 32.6 Å². The largest absolute Gasteiger partial charge is 0.379 e. The SMILES string of the molecule is CCCNC1COCC1CN(C)CC1(N(C)C)CCC1. The van der Waals surface area contributed by atoms with Crippen molar-refractivity contribution < 1.29 is 4.74 Å². The molecule has 1 heterocycles. The summed E-state index contributed by atoms with van der Waals surface area (Å²) in [6.45, 7) is 7.48. The molecule has 20 heavy (non-hydrogen) atoms. The third-order valence-corrected chi connectivity index (χ3v) is 5.20. The number of hydrogen-bond acceptors (Lipinski definition) is 4. The molecule has 2 unspecified atom stereocenters. The Bertz CT molecular complexity index is 291. The van der Waals surface area contributed by atoms with Crippen molar-refractivity contribution in [1.82, 2.24) is 15.1 Å². The fraction of sp³-hybridized carbons (Fsp3) is 1.00. The smallest absolute Gasteiger partial charge is 0.0623 e. The Morgan fingerprint density at radius 1 is 1.20 bits per heavy atom. The lowest BCUT2D eigenvalue weighted by Gasteiger charge is -2.49. The van der Waals surface area contributed by atoms with Gasteiger partial charge in [0, 0.05) is 30.6 Å². The molecule has 4 heteroatoms. The first-order valence-electron chi connectivity index (χ1n) is 8.24. The summed E-state index contributed by atoms with van der Waals surface area (Å²) >= 11 is 0. The molecule has 0 amide bonds. The van der Waals surface area contributed by atoms with Gasteiger partial charge >= 0.3 is 0 Å². The summed E-state index contributed by atoms with van der Waals surface area (Å²) in [5, 5.41) is 3.64. The van der Waals surface area contributed by atoms with Crippen molar-refractivity contribution in [2.75, 3.05) is 54.0 Å². The minimum Gasteiger partial charge on any atom is -0.379 e. The average molecular weight is 283 g/mol. The van der Waals surface area contributed by atoms with E-state index in [4.69, 9.17) is 4.74 Å². The van der Waals surface area contributed by atoms with Crippen molar-refractivity contribution >= 4 is 0 Å². The van der Waals surface area contributed by atoms with Crippen LogP contribution in [0.4, 0.5) is 0 Å². The van der Waals surface area contributed by atoms with Gasteiger partial charge in [-0.2, -0.15) is 0 Å². The van der Waals surface area contributed by atoms with Gasteiger partial charge in [-0.1, -0.05) is 6.92 Å². The molecular weight excluding hydrogens is 250 g/mol. The molecule has 2 atom stereocenters. The second-order valence-corrected chi connectivity index (χ2v) is 7.03. The summed E-state index contributed by atoms with van der Waals surface area (Å²) in [5.41, 5.74) is 0.431. The maximum absolute atomic E-state index is 5.69. The fourth-order valence-corrected chi connectivity index (χ4v) is 3.63. The first-order valence-corrected chi connectivity index (χ1v) is 8.24. The van der Waals surface area contributed by atoms with Crippen molar-refractivity contribution in [2.24, 2.45) is 5.92 Å². The predicted octanol–water partition coefficient (Wildman–Crippen LogP) is 1.42. The van der Waals surface area contributed by atoms with Crippen LogP contribution >= 0.6 is 0 Å². The molecular formula is C16H33N3O. The number of ether oxygens (including phenoxy) is 1. The Morgan fingerprint density at radius 3 is 2.50 bits per heavy atom. The molecule has 1 N–H and O–H groups in total. The summed E-state index contributed by atoms with van der Waals surface area (Å²) in [5.74, 6) is 0.644. The summed E-state index contributed by atoms with van der Waals surface area (Å²) in [6.07, 6.45) is 5.29. The molecule has 0 bridgehead atoms. The van der Waals surface area contributed by atoms with Gasteiger partial charge in [-0.25, -0.2) is 0 Å².